The van der Waals surface area contributed by atoms with E-state index in [9.17, 15) is 10.1 Å². The average Bonchev–Trinajstić information content (AvgIpc) is 2.87. The van der Waals surface area contributed by atoms with Crippen molar-refractivity contribution in [1.29, 1.82) is 0 Å². The Morgan fingerprint density at radius 1 is 1.14 bits per heavy atom. The Hall–Kier alpha value is -2.21. The van der Waals surface area contributed by atoms with Crippen molar-refractivity contribution in [3.63, 3.8) is 0 Å². The first kappa shape index (κ1) is 13.5. The molecule has 0 radical (unpaired) electrons. The van der Waals surface area contributed by atoms with E-state index in [1.807, 2.05) is 12.3 Å². The molecule has 0 saturated carbocycles. The lowest BCUT2D eigenvalue weighted by atomic mass is 10.0. The van der Waals surface area contributed by atoms with E-state index in [-0.39, 0.29) is 10.6 Å². The fraction of sp³-hybridized carbons (Fsp3) is 0.438. The van der Waals surface area contributed by atoms with Crippen molar-refractivity contribution in [2.45, 2.75) is 18.9 Å². The van der Waals surface area contributed by atoms with Crippen LogP contribution in [0.1, 0.15) is 12.8 Å². The van der Waals surface area contributed by atoms with E-state index in [0.717, 1.165) is 29.7 Å². The highest BCUT2D eigenvalue weighted by atomic mass is 16.6. The van der Waals surface area contributed by atoms with Crippen LogP contribution in [-0.2, 0) is 0 Å². The van der Waals surface area contributed by atoms with Crippen LogP contribution in [0.25, 0.3) is 10.9 Å². The first-order chi connectivity index (χ1) is 10.7. The second-order valence-corrected chi connectivity index (χ2v) is 6.09. The number of pyridine rings is 1. The van der Waals surface area contributed by atoms with E-state index in [1.165, 1.54) is 32.0 Å². The van der Waals surface area contributed by atoms with Crippen LogP contribution < -0.4 is 4.90 Å². The van der Waals surface area contributed by atoms with Crippen LogP contribution in [0.2, 0.25) is 0 Å². The number of anilines is 1. The summed E-state index contributed by atoms with van der Waals surface area (Å²) < 4.78 is 0. The van der Waals surface area contributed by atoms with Crippen LogP contribution >= 0.6 is 0 Å². The number of aromatic nitrogens is 1. The topological polar surface area (TPSA) is 62.5 Å². The normalized spacial score (nSPS) is 24.5. The molecule has 3 aliphatic rings. The number of nitro groups is 1. The van der Waals surface area contributed by atoms with Gasteiger partial charge in [0.1, 0.15) is 0 Å². The number of non-ortho nitro benzene ring substituents is 1. The maximum atomic E-state index is 10.9. The highest BCUT2D eigenvalue weighted by Gasteiger charge is 2.29. The lowest BCUT2D eigenvalue weighted by molar-refractivity contribution is -0.384. The number of hydrogen-bond donors (Lipinski definition) is 0. The molecule has 1 aromatic heterocycles. The molecule has 6 nitrogen and oxygen atoms in total. The predicted molar refractivity (Wildman–Crippen MR) is 85.2 cm³/mol. The quantitative estimate of drug-likeness (QED) is 0.629. The van der Waals surface area contributed by atoms with E-state index in [2.05, 4.69) is 14.8 Å². The van der Waals surface area contributed by atoms with Crippen molar-refractivity contribution in [3.05, 3.63) is 40.6 Å². The molecule has 4 heterocycles. The zero-order chi connectivity index (χ0) is 15.1. The van der Waals surface area contributed by atoms with Gasteiger partial charge in [-0.25, -0.2) is 0 Å². The summed E-state index contributed by atoms with van der Waals surface area (Å²) in [6, 6.07) is 7.46. The second-order valence-electron chi connectivity index (χ2n) is 6.09. The van der Waals surface area contributed by atoms with Crippen LogP contribution in [0.4, 0.5) is 11.4 Å². The van der Waals surface area contributed by atoms with Crippen molar-refractivity contribution >= 4 is 22.3 Å². The monoisotopic (exact) mass is 298 g/mol. The summed E-state index contributed by atoms with van der Waals surface area (Å²) in [7, 11) is 0. The fourth-order valence-electron chi connectivity index (χ4n) is 3.60. The number of rotatable bonds is 2. The van der Waals surface area contributed by atoms with Crippen molar-refractivity contribution in [2.75, 3.05) is 31.1 Å². The zero-order valence-corrected chi connectivity index (χ0v) is 12.3. The molecule has 114 valence electrons. The van der Waals surface area contributed by atoms with Gasteiger partial charge >= 0.3 is 0 Å². The molecule has 0 aliphatic carbocycles. The van der Waals surface area contributed by atoms with E-state index < -0.39 is 0 Å². The molecular weight excluding hydrogens is 280 g/mol. The Kier molecular flexibility index (Phi) is 3.18. The van der Waals surface area contributed by atoms with Crippen molar-refractivity contribution in [1.82, 2.24) is 9.88 Å². The SMILES string of the molecule is O=[N+]([O-])c1ccc2ncc(N3CCN4CCC3CC4)cc2c1. The number of piperidine rings is 1. The minimum absolute atomic E-state index is 0.120. The fourth-order valence-corrected chi connectivity index (χ4v) is 3.60. The van der Waals surface area contributed by atoms with Crippen LogP contribution in [0.3, 0.4) is 0 Å². The third kappa shape index (κ3) is 2.29. The van der Waals surface area contributed by atoms with Crippen LogP contribution in [0.5, 0.6) is 0 Å². The first-order valence-corrected chi connectivity index (χ1v) is 7.74. The minimum atomic E-state index is -0.354. The third-order valence-electron chi connectivity index (χ3n) is 4.85. The van der Waals surface area contributed by atoms with Gasteiger partial charge in [0.05, 0.1) is 22.3 Å². The van der Waals surface area contributed by atoms with E-state index in [1.54, 1.807) is 12.1 Å². The number of nitro benzene ring substituents is 1. The highest BCUT2D eigenvalue weighted by Crippen LogP contribution is 2.29. The molecule has 0 unspecified atom stereocenters. The summed E-state index contributed by atoms with van der Waals surface area (Å²) in [5.74, 6) is 0. The Balaban J connectivity index is 1.73. The Morgan fingerprint density at radius 2 is 1.95 bits per heavy atom. The largest absolute Gasteiger partial charge is 0.366 e. The molecule has 0 spiro atoms. The van der Waals surface area contributed by atoms with Gasteiger partial charge in [-0.2, -0.15) is 0 Å². The summed E-state index contributed by atoms with van der Waals surface area (Å²) >= 11 is 0. The van der Waals surface area contributed by atoms with E-state index in [4.69, 9.17) is 0 Å². The van der Waals surface area contributed by atoms with Gasteiger partial charge in [0.25, 0.3) is 5.69 Å². The summed E-state index contributed by atoms with van der Waals surface area (Å²) in [5, 5.41) is 11.8. The van der Waals surface area contributed by atoms with Gasteiger partial charge < -0.3 is 9.80 Å². The maximum Gasteiger partial charge on any atom is 0.270 e. The van der Waals surface area contributed by atoms with Crippen molar-refractivity contribution in [3.8, 4) is 0 Å². The molecule has 5 rings (SSSR count). The van der Waals surface area contributed by atoms with Gasteiger partial charge in [-0.15, -0.1) is 0 Å². The molecule has 3 saturated heterocycles. The Labute approximate surface area is 128 Å². The van der Waals surface area contributed by atoms with Crippen LogP contribution in [0.15, 0.2) is 30.5 Å². The molecule has 3 fully saturated rings. The molecule has 0 amide bonds. The zero-order valence-electron chi connectivity index (χ0n) is 12.3. The highest BCUT2D eigenvalue weighted by molar-refractivity contribution is 5.84. The number of hydrogen-bond acceptors (Lipinski definition) is 5. The number of nitrogens with zero attached hydrogens (tertiary/aromatic N) is 4. The van der Waals surface area contributed by atoms with Crippen molar-refractivity contribution < 1.29 is 4.92 Å². The summed E-state index contributed by atoms with van der Waals surface area (Å²) in [5.41, 5.74) is 2.01. The molecule has 3 aliphatic heterocycles. The summed E-state index contributed by atoms with van der Waals surface area (Å²) in [4.78, 5) is 20.0. The molecule has 22 heavy (non-hydrogen) atoms. The lowest BCUT2D eigenvalue weighted by Gasteiger charge is -2.32. The van der Waals surface area contributed by atoms with Gasteiger partial charge in [0, 0.05) is 49.7 Å². The minimum Gasteiger partial charge on any atom is -0.366 e. The van der Waals surface area contributed by atoms with Gasteiger partial charge in [-0.3, -0.25) is 15.1 Å². The smallest absolute Gasteiger partial charge is 0.270 e. The number of benzene rings is 1. The Morgan fingerprint density at radius 3 is 2.73 bits per heavy atom. The first-order valence-electron chi connectivity index (χ1n) is 7.74. The lowest BCUT2D eigenvalue weighted by Crippen LogP contribution is -2.37. The molecular formula is C16H18N4O2. The van der Waals surface area contributed by atoms with E-state index in [0.29, 0.717) is 6.04 Å². The predicted octanol–water partition coefficient (Wildman–Crippen LogP) is 2.43. The van der Waals surface area contributed by atoms with Crippen molar-refractivity contribution in [2.24, 2.45) is 0 Å². The summed E-state index contributed by atoms with van der Waals surface area (Å²) in [6.07, 6.45) is 4.28. The van der Waals surface area contributed by atoms with Gasteiger partial charge in [0.15, 0.2) is 0 Å². The third-order valence-corrected chi connectivity index (χ3v) is 4.85. The molecule has 2 bridgehead atoms. The molecule has 2 aromatic rings. The average molecular weight is 298 g/mol. The Bertz CT molecular complexity index is 725. The standard InChI is InChI=1S/C16H18N4O2/c21-20(22)14-1-2-16-12(9-14)10-15(11-17-16)19-8-7-18-5-3-13(19)4-6-18/h1-2,9-11,13H,3-8H2. The maximum absolute atomic E-state index is 10.9. The van der Waals surface area contributed by atoms with Crippen LogP contribution in [0, 0.1) is 10.1 Å². The van der Waals surface area contributed by atoms with Gasteiger partial charge in [0.2, 0.25) is 0 Å². The van der Waals surface area contributed by atoms with Gasteiger partial charge in [-0.05, 0) is 25.0 Å². The summed E-state index contributed by atoms with van der Waals surface area (Å²) in [6.45, 7) is 4.44. The van der Waals surface area contributed by atoms with Gasteiger partial charge in [-0.1, -0.05) is 0 Å². The molecule has 0 N–H and O–H groups in total. The van der Waals surface area contributed by atoms with Crippen LogP contribution in [-0.4, -0.2) is 47.0 Å². The molecule has 6 heteroatoms. The van der Waals surface area contributed by atoms with E-state index >= 15 is 0 Å². The second kappa shape index (κ2) is 5.21. The molecule has 1 aromatic carbocycles. The number of fused-ring (bicyclic) bond motifs is 5. The molecule has 0 atom stereocenters.